The van der Waals surface area contributed by atoms with Gasteiger partial charge in [-0.3, -0.25) is 9.13 Å². The smallest absolute Gasteiger partial charge is 0.328 e. The van der Waals surface area contributed by atoms with Crippen molar-refractivity contribution < 1.29 is 0 Å². The van der Waals surface area contributed by atoms with Crippen LogP contribution >= 0.6 is 0 Å². The van der Waals surface area contributed by atoms with Crippen molar-refractivity contribution in [3.05, 3.63) is 22.9 Å². The highest BCUT2D eigenvalue weighted by Crippen LogP contribution is 1.83. The summed E-state index contributed by atoms with van der Waals surface area (Å²) < 4.78 is 3.16. The van der Waals surface area contributed by atoms with E-state index in [0.717, 1.165) is 0 Å². The van der Waals surface area contributed by atoms with E-state index in [-0.39, 0.29) is 5.69 Å². The summed E-state index contributed by atoms with van der Waals surface area (Å²) in [5.74, 6) is 0. The van der Waals surface area contributed by atoms with Crippen molar-refractivity contribution in [1.82, 2.24) is 9.13 Å². The number of nitrogens with two attached hydrogens (primary N) is 2. The molecular formula is C7H14N4O. The van der Waals surface area contributed by atoms with Crippen molar-refractivity contribution >= 4 is 0 Å². The minimum Gasteiger partial charge on any atom is -0.329 e. The Bertz CT molecular complexity index is 261. The fourth-order valence-electron chi connectivity index (χ4n) is 1.07. The second-order valence-electron chi connectivity index (χ2n) is 2.54. The Kier molecular flexibility index (Phi) is 3.07. The third-order valence-corrected chi connectivity index (χ3v) is 1.66. The van der Waals surface area contributed by atoms with E-state index in [1.807, 2.05) is 0 Å². The van der Waals surface area contributed by atoms with Crippen LogP contribution in [-0.4, -0.2) is 22.2 Å². The molecule has 0 aliphatic rings. The van der Waals surface area contributed by atoms with Gasteiger partial charge in [-0.1, -0.05) is 0 Å². The van der Waals surface area contributed by atoms with Crippen LogP contribution in [0.4, 0.5) is 0 Å². The molecule has 0 amide bonds. The first-order valence-corrected chi connectivity index (χ1v) is 3.95. The highest BCUT2D eigenvalue weighted by Gasteiger charge is 1.99. The normalized spacial score (nSPS) is 10.5. The first-order chi connectivity index (χ1) is 5.79. The fourth-order valence-corrected chi connectivity index (χ4v) is 1.07. The summed E-state index contributed by atoms with van der Waals surface area (Å²) in [5, 5.41) is 0. The molecule has 5 nitrogen and oxygen atoms in total. The van der Waals surface area contributed by atoms with Gasteiger partial charge >= 0.3 is 5.69 Å². The van der Waals surface area contributed by atoms with E-state index in [9.17, 15) is 4.79 Å². The number of aromatic nitrogens is 2. The largest absolute Gasteiger partial charge is 0.329 e. The maximum absolute atomic E-state index is 11.4. The lowest BCUT2D eigenvalue weighted by Gasteiger charge is -1.97. The van der Waals surface area contributed by atoms with Crippen LogP contribution < -0.4 is 17.2 Å². The van der Waals surface area contributed by atoms with Gasteiger partial charge in [0.1, 0.15) is 0 Å². The van der Waals surface area contributed by atoms with Crippen molar-refractivity contribution in [3.63, 3.8) is 0 Å². The SMILES string of the molecule is NCCn1ccn(CCN)c1=O. The summed E-state index contributed by atoms with van der Waals surface area (Å²) in [4.78, 5) is 11.4. The molecule has 0 aliphatic carbocycles. The minimum atomic E-state index is -0.0362. The first-order valence-electron chi connectivity index (χ1n) is 3.95. The first kappa shape index (κ1) is 9.02. The minimum absolute atomic E-state index is 0.0362. The van der Waals surface area contributed by atoms with Gasteiger partial charge in [0, 0.05) is 38.6 Å². The van der Waals surface area contributed by atoms with Crippen LogP contribution in [0.5, 0.6) is 0 Å². The quantitative estimate of drug-likeness (QED) is 0.581. The van der Waals surface area contributed by atoms with E-state index in [2.05, 4.69) is 0 Å². The Hall–Kier alpha value is -1.07. The molecular weight excluding hydrogens is 156 g/mol. The van der Waals surface area contributed by atoms with Crippen molar-refractivity contribution in [2.45, 2.75) is 13.1 Å². The summed E-state index contributed by atoms with van der Waals surface area (Å²) in [6, 6.07) is 0. The second kappa shape index (κ2) is 4.08. The number of hydrogen-bond donors (Lipinski definition) is 2. The average molecular weight is 170 g/mol. The Balaban J connectivity index is 2.81. The Morgan fingerprint density at radius 3 is 1.83 bits per heavy atom. The van der Waals surface area contributed by atoms with E-state index in [1.165, 1.54) is 0 Å². The lowest BCUT2D eigenvalue weighted by atomic mass is 10.6. The van der Waals surface area contributed by atoms with Crippen LogP contribution in [0, 0.1) is 0 Å². The Labute approximate surface area is 70.6 Å². The Morgan fingerprint density at radius 1 is 1.08 bits per heavy atom. The molecule has 0 aliphatic heterocycles. The highest BCUT2D eigenvalue weighted by atomic mass is 16.1. The van der Waals surface area contributed by atoms with Crippen LogP contribution in [0.15, 0.2) is 17.2 Å². The van der Waals surface area contributed by atoms with Crippen molar-refractivity contribution in [2.75, 3.05) is 13.1 Å². The number of nitrogens with zero attached hydrogens (tertiary/aromatic N) is 2. The van der Waals surface area contributed by atoms with E-state index in [0.29, 0.717) is 26.2 Å². The fraction of sp³-hybridized carbons (Fsp3) is 0.571. The molecule has 0 atom stereocenters. The summed E-state index contributed by atoms with van der Waals surface area (Å²) in [6.07, 6.45) is 3.45. The molecule has 1 heterocycles. The summed E-state index contributed by atoms with van der Waals surface area (Å²) >= 11 is 0. The maximum Gasteiger partial charge on any atom is 0.328 e. The van der Waals surface area contributed by atoms with Gasteiger partial charge in [-0.05, 0) is 0 Å². The molecule has 12 heavy (non-hydrogen) atoms. The standard InChI is InChI=1S/C7H14N4O/c8-1-3-10-5-6-11(4-2-9)7(10)12/h5-6H,1-4,8-9H2. The molecule has 0 saturated carbocycles. The van der Waals surface area contributed by atoms with Gasteiger partial charge in [0.15, 0.2) is 0 Å². The molecule has 0 saturated heterocycles. The highest BCUT2D eigenvalue weighted by molar-refractivity contribution is 4.81. The monoisotopic (exact) mass is 170 g/mol. The number of hydrogen-bond acceptors (Lipinski definition) is 3. The van der Waals surface area contributed by atoms with Crippen LogP contribution in [-0.2, 0) is 13.1 Å². The zero-order valence-electron chi connectivity index (χ0n) is 6.94. The maximum atomic E-state index is 11.4. The molecule has 0 radical (unpaired) electrons. The third kappa shape index (κ3) is 1.75. The van der Waals surface area contributed by atoms with E-state index in [4.69, 9.17) is 11.5 Å². The average Bonchev–Trinajstić information content (AvgIpc) is 2.38. The predicted molar refractivity (Wildman–Crippen MR) is 46.8 cm³/mol. The molecule has 4 N–H and O–H groups in total. The van der Waals surface area contributed by atoms with Crippen LogP contribution in [0.25, 0.3) is 0 Å². The topological polar surface area (TPSA) is 79.0 Å². The molecule has 1 rings (SSSR count). The van der Waals surface area contributed by atoms with Crippen LogP contribution in [0.1, 0.15) is 0 Å². The molecule has 0 fully saturated rings. The molecule has 0 unspecified atom stereocenters. The molecule has 1 aromatic heterocycles. The van der Waals surface area contributed by atoms with Gasteiger partial charge in [-0.25, -0.2) is 4.79 Å². The van der Waals surface area contributed by atoms with Crippen molar-refractivity contribution in [3.8, 4) is 0 Å². The van der Waals surface area contributed by atoms with Crippen molar-refractivity contribution in [2.24, 2.45) is 11.5 Å². The van der Waals surface area contributed by atoms with Gasteiger partial charge in [0.25, 0.3) is 0 Å². The molecule has 0 aromatic carbocycles. The zero-order chi connectivity index (χ0) is 8.97. The van der Waals surface area contributed by atoms with E-state index >= 15 is 0 Å². The van der Waals surface area contributed by atoms with Crippen LogP contribution in [0.2, 0.25) is 0 Å². The lowest BCUT2D eigenvalue weighted by Crippen LogP contribution is -2.28. The van der Waals surface area contributed by atoms with Crippen LogP contribution in [0.3, 0.4) is 0 Å². The summed E-state index contributed by atoms with van der Waals surface area (Å²) in [6.45, 7) is 2.09. The van der Waals surface area contributed by atoms with Crippen molar-refractivity contribution in [1.29, 1.82) is 0 Å². The van der Waals surface area contributed by atoms with Gasteiger partial charge in [0.05, 0.1) is 0 Å². The summed E-state index contributed by atoms with van der Waals surface area (Å²) in [5.41, 5.74) is 10.6. The molecule has 68 valence electrons. The summed E-state index contributed by atoms with van der Waals surface area (Å²) in [7, 11) is 0. The second-order valence-corrected chi connectivity index (χ2v) is 2.54. The van der Waals surface area contributed by atoms with Gasteiger partial charge in [0.2, 0.25) is 0 Å². The van der Waals surface area contributed by atoms with Gasteiger partial charge in [-0.15, -0.1) is 0 Å². The third-order valence-electron chi connectivity index (χ3n) is 1.66. The molecule has 1 aromatic rings. The number of imidazole rings is 1. The van der Waals surface area contributed by atoms with E-state index < -0.39 is 0 Å². The zero-order valence-corrected chi connectivity index (χ0v) is 6.94. The Morgan fingerprint density at radius 2 is 1.50 bits per heavy atom. The lowest BCUT2D eigenvalue weighted by molar-refractivity contribution is 0.618. The molecule has 5 heteroatoms. The van der Waals surface area contributed by atoms with Gasteiger partial charge < -0.3 is 11.5 Å². The molecule has 0 bridgehead atoms. The molecule has 0 spiro atoms. The predicted octanol–water partition coefficient (Wildman–Crippen LogP) is -1.43. The van der Waals surface area contributed by atoms with Gasteiger partial charge in [-0.2, -0.15) is 0 Å². The van der Waals surface area contributed by atoms with E-state index in [1.54, 1.807) is 21.5 Å². The number of rotatable bonds is 4.